The Morgan fingerprint density at radius 3 is 3.00 bits per heavy atom. The van der Waals surface area contributed by atoms with Crippen molar-refractivity contribution in [1.29, 1.82) is 0 Å². The Morgan fingerprint density at radius 1 is 1.57 bits per heavy atom. The number of anilines is 1. The molecular formula is C8H12BrN3OS. The molecule has 6 heteroatoms. The van der Waals surface area contributed by atoms with Crippen molar-refractivity contribution in [3.63, 3.8) is 0 Å². The van der Waals surface area contributed by atoms with E-state index >= 15 is 0 Å². The number of alkyl halides is 1. The quantitative estimate of drug-likeness (QED) is 0.840. The Balaban J connectivity index is 2.46. The molecule has 1 N–H and O–H groups in total. The third-order valence-electron chi connectivity index (χ3n) is 1.50. The summed E-state index contributed by atoms with van der Waals surface area (Å²) in [5.41, 5.74) is 0. The van der Waals surface area contributed by atoms with E-state index in [0.29, 0.717) is 11.6 Å². The van der Waals surface area contributed by atoms with E-state index in [2.05, 4.69) is 31.4 Å². The van der Waals surface area contributed by atoms with Gasteiger partial charge in [0.05, 0.1) is 0 Å². The molecule has 0 aliphatic rings. The molecule has 0 unspecified atom stereocenters. The number of amides is 1. The van der Waals surface area contributed by atoms with Gasteiger partial charge in [-0.25, -0.2) is 0 Å². The molecule has 0 fully saturated rings. The minimum absolute atomic E-state index is 0.00837. The summed E-state index contributed by atoms with van der Waals surface area (Å²) >= 11 is 4.75. The van der Waals surface area contributed by atoms with E-state index < -0.39 is 0 Å². The first-order valence-electron chi connectivity index (χ1n) is 4.44. The fourth-order valence-corrected chi connectivity index (χ4v) is 2.29. The van der Waals surface area contributed by atoms with Crippen LogP contribution < -0.4 is 5.32 Å². The van der Waals surface area contributed by atoms with Gasteiger partial charge in [0.1, 0.15) is 5.01 Å². The summed E-state index contributed by atoms with van der Waals surface area (Å²) < 4.78 is 0. The van der Waals surface area contributed by atoms with Gasteiger partial charge >= 0.3 is 0 Å². The number of rotatable bonds is 5. The van der Waals surface area contributed by atoms with Crippen LogP contribution in [0.5, 0.6) is 0 Å². The highest BCUT2D eigenvalue weighted by Gasteiger charge is 2.06. The standard InChI is InChI=1S/C8H12BrN3OS/c1-2-3-6(13)10-8-12-11-7(14-8)4-5-9/h2-5H2,1H3,(H,10,12,13). The maximum absolute atomic E-state index is 11.2. The second-order valence-electron chi connectivity index (χ2n) is 2.74. The third-order valence-corrected chi connectivity index (χ3v) is 2.79. The van der Waals surface area contributed by atoms with E-state index in [1.54, 1.807) is 0 Å². The van der Waals surface area contributed by atoms with Crippen LogP contribution in [0.2, 0.25) is 0 Å². The van der Waals surface area contributed by atoms with Crippen LogP contribution >= 0.6 is 27.3 Å². The molecule has 0 bridgehead atoms. The van der Waals surface area contributed by atoms with Gasteiger partial charge in [-0.3, -0.25) is 4.79 Å². The van der Waals surface area contributed by atoms with Crippen LogP contribution in [0.15, 0.2) is 0 Å². The van der Waals surface area contributed by atoms with Crippen LogP contribution in [0.4, 0.5) is 5.13 Å². The van der Waals surface area contributed by atoms with Crippen molar-refractivity contribution >= 4 is 38.3 Å². The van der Waals surface area contributed by atoms with Crippen LogP contribution in [0.25, 0.3) is 0 Å². The van der Waals surface area contributed by atoms with E-state index in [-0.39, 0.29) is 5.91 Å². The van der Waals surface area contributed by atoms with Crippen molar-refractivity contribution in [3.8, 4) is 0 Å². The first kappa shape index (κ1) is 11.6. The molecule has 1 heterocycles. The Hall–Kier alpha value is -0.490. The lowest BCUT2D eigenvalue weighted by molar-refractivity contribution is -0.116. The average molecular weight is 278 g/mol. The Bertz CT molecular complexity index is 303. The first-order valence-corrected chi connectivity index (χ1v) is 6.38. The number of carbonyl (C=O) groups is 1. The van der Waals surface area contributed by atoms with Crippen LogP contribution in [0.1, 0.15) is 24.8 Å². The maximum atomic E-state index is 11.2. The topological polar surface area (TPSA) is 54.9 Å². The zero-order valence-corrected chi connectivity index (χ0v) is 10.3. The number of nitrogens with one attached hydrogen (secondary N) is 1. The lowest BCUT2D eigenvalue weighted by Crippen LogP contribution is -2.10. The molecule has 1 aromatic rings. The van der Waals surface area contributed by atoms with Gasteiger partial charge in [-0.1, -0.05) is 34.2 Å². The van der Waals surface area contributed by atoms with Crippen molar-refractivity contribution in [2.45, 2.75) is 26.2 Å². The average Bonchev–Trinajstić information content (AvgIpc) is 2.53. The summed E-state index contributed by atoms with van der Waals surface area (Å²) in [6, 6.07) is 0. The third kappa shape index (κ3) is 3.71. The van der Waals surface area contributed by atoms with Gasteiger partial charge in [-0.05, 0) is 6.42 Å². The molecule has 78 valence electrons. The molecule has 0 aromatic carbocycles. The van der Waals surface area contributed by atoms with Crippen LogP contribution in [0.3, 0.4) is 0 Å². The second kappa shape index (κ2) is 6.08. The molecule has 0 aliphatic heterocycles. The van der Waals surface area contributed by atoms with E-state index in [1.165, 1.54) is 11.3 Å². The molecule has 14 heavy (non-hydrogen) atoms. The molecular weight excluding hydrogens is 266 g/mol. The smallest absolute Gasteiger partial charge is 0.226 e. The number of hydrogen-bond donors (Lipinski definition) is 1. The number of aromatic nitrogens is 2. The van der Waals surface area contributed by atoms with Gasteiger partial charge in [0.15, 0.2) is 0 Å². The summed E-state index contributed by atoms with van der Waals surface area (Å²) in [4.78, 5) is 11.2. The minimum atomic E-state index is 0.00837. The van der Waals surface area contributed by atoms with Crippen LogP contribution in [0, 0.1) is 0 Å². The lowest BCUT2D eigenvalue weighted by atomic mass is 10.3. The van der Waals surface area contributed by atoms with Crippen molar-refractivity contribution in [1.82, 2.24) is 10.2 Å². The highest BCUT2D eigenvalue weighted by molar-refractivity contribution is 9.09. The molecule has 0 atom stereocenters. The molecule has 1 amide bonds. The Morgan fingerprint density at radius 2 is 2.36 bits per heavy atom. The molecule has 4 nitrogen and oxygen atoms in total. The second-order valence-corrected chi connectivity index (χ2v) is 4.59. The van der Waals surface area contributed by atoms with Crippen LogP contribution in [-0.2, 0) is 11.2 Å². The van der Waals surface area contributed by atoms with E-state index in [9.17, 15) is 4.79 Å². The lowest BCUT2D eigenvalue weighted by Gasteiger charge is -1.96. The van der Waals surface area contributed by atoms with Crippen molar-refractivity contribution in [3.05, 3.63) is 5.01 Å². The number of aryl methyl sites for hydroxylation is 1. The molecule has 0 spiro atoms. The predicted molar refractivity (Wildman–Crippen MR) is 60.9 cm³/mol. The first-order chi connectivity index (χ1) is 6.76. The van der Waals surface area contributed by atoms with E-state index in [1.807, 2.05) is 6.92 Å². The van der Waals surface area contributed by atoms with Gasteiger partial charge in [0.2, 0.25) is 11.0 Å². The van der Waals surface area contributed by atoms with Gasteiger partial charge in [-0.15, -0.1) is 10.2 Å². The van der Waals surface area contributed by atoms with E-state index in [4.69, 9.17) is 0 Å². The Kier molecular flexibility index (Phi) is 5.03. The zero-order chi connectivity index (χ0) is 10.4. The summed E-state index contributed by atoms with van der Waals surface area (Å²) in [7, 11) is 0. The molecule has 0 aliphatic carbocycles. The van der Waals surface area contributed by atoms with Gasteiger partial charge in [0.25, 0.3) is 0 Å². The summed E-state index contributed by atoms with van der Waals surface area (Å²) in [5.74, 6) is 0.00837. The fraction of sp³-hybridized carbons (Fsp3) is 0.625. The number of carbonyl (C=O) groups excluding carboxylic acids is 1. The molecule has 0 radical (unpaired) electrons. The van der Waals surface area contributed by atoms with Gasteiger partial charge in [0, 0.05) is 18.2 Å². The summed E-state index contributed by atoms with van der Waals surface area (Å²) in [6.45, 7) is 1.97. The summed E-state index contributed by atoms with van der Waals surface area (Å²) in [6.07, 6.45) is 2.23. The summed E-state index contributed by atoms with van der Waals surface area (Å²) in [5, 5.41) is 12.9. The fourth-order valence-electron chi connectivity index (χ4n) is 0.895. The van der Waals surface area contributed by atoms with Gasteiger partial charge in [-0.2, -0.15) is 0 Å². The molecule has 1 aromatic heterocycles. The molecule has 0 saturated carbocycles. The highest BCUT2D eigenvalue weighted by Crippen LogP contribution is 2.16. The van der Waals surface area contributed by atoms with E-state index in [0.717, 1.165) is 23.2 Å². The van der Waals surface area contributed by atoms with Crippen LogP contribution in [-0.4, -0.2) is 21.4 Å². The van der Waals surface area contributed by atoms with Crippen molar-refractivity contribution in [2.24, 2.45) is 0 Å². The van der Waals surface area contributed by atoms with Crippen molar-refractivity contribution in [2.75, 3.05) is 10.6 Å². The normalized spacial score (nSPS) is 10.1. The monoisotopic (exact) mass is 277 g/mol. The largest absolute Gasteiger partial charge is 0.301 e. The maximum Gasteiger partial charge on any atom is 0.226 e. The SMILES string of the molecule is CCCC(=O)Nc1nnc(CCBr)s1. The number of hydrogen-bond acceptors (Lipinski definition) is 4. The predicted octanol–water partition coefficient (Wildman–Crippen LogP) is 2.21. The molecule has 1 rings (SSSR count). The Labute approximate surface area is 95.2 Å². The highest BCUT2D eigenvalue weighted by atomic mass is 79.9. The van der Waals surface area contributed by atoms with Gasteiger partial charge < -0.3 is 5.32 Å². The molecule has 0 saturated heterocycles. The minimum Gasteiger partial charge on any atom is -0.301 e. The number of nitrogens with zero attached hydrogens (tertiary/aromatic N) is 2. The zero-order valence-electron chi connectivity index (χ0n) is 7.92. The number of halogens is 1. The van der Waals surface area contributed by atoms with Crippen molar-refractivity contribution < 1.29 is 4.79 Å².